The highest BCUT2D eigenvalue weighted by Crippen LogP contribution is 2.52. The summed E-state index contributed by atoms with van der Waals surface area (Å²) < 4.78 is 11.1. The fraction of sp³-hybridized carbons (Fsp3) is 0.579. The van der Waals surface area contributed by atoms with E-state index in [1.165, 1.54) is 0 Å². The van der Waals surface area contributed by atoms with Crippen LogP contribution in [0.15, 0.2) is 36.5 Å². The Morgan fingerprint density at radius 1 is 1.29 bits per heavy atom. The number of carbonyl (C=O) groups is 2. The maximum atomic E-state index is 12.1. The van der Waals surface area contributed by atoms with Crippen LogP contribution in [-0.4, -0.2) is 35.4 Å². The van der Waals surface area contributed by atoms with Gasteiger partial charge in [0, 0.05) is 23.3 Å². The number of carbonyl (C=O) groups excluding carboxylic acids is 2. The van der Waals surface area contributed by atoms with Crippen LogP contribution in [-0.2, 0) is 19.1 Å². The van der Waals surface area contributed by atoms with Gasteiger partial charge in [-0.25, -0.2) is 4.79 Å². The van der Waals surface area contributed by atoms with E-state index in [2.05, 4.69) is 19.7 Å². The Morgan fingerprint density at radius 2 is 1.96 bits per heavy atom. The van der Waals surface area contributed by atoms with E-state index in [4.69, 9.17) is 9.47 Å². The maximum absolute atomic E-state index is 12.1. The maximum Gasteiger partial charge on any atom is 0.334 e. The van der Waals surface area contributed by atoms with Crippen molar-refractivity contribution in [2.75, 3.05) is 0 Å². The molecule has 3 aliphatic rings. The first kappa shape index (κ1) is 17.0. The average Bonchev–Trinajstić information content (AvgIpc) is 2.87. The highest BCUT2D eigenvalue weighted by atomic mass is 16.6. The minimum atomic E-state index is -0.981. The quantitative estimate of drug-likeness (QED) is 0.477. The minimum absolute atomic E-state index is 0.104. The molecule has 1 saturated heterocycles. The van der Waals surface area contributed by atoms with E-state index < -0.39 is 18.3 Å². The summed E-state index contributed by atoms with van der Waals surface area (Å²) in [7, 11) is 0. The molecule has 3 fully saturated rings. The van der Waals surface area contributed by atoms with Crippen LogP contribution in [0.4, 0.5) is 0 Å². The van der Waals surface area contributed by atoms with E-state index in [-0.39, 0.29) is 35.6 Å². The second-order valence-electron chi connectivity index (χ2n) is 7.33. The van der Waals surface area contributed by atoms with Gasteiger partial charge in [0.15, 0.2) is 0 Å². The molecule has 0 radical (unpaired) electrons. The summed E-state index contributed by atoms with van der Waals surface area (Å²) >= 11 is 0. The molecule has 0 aromatic heterocycles. The smallest absolute Gasteiger partial charge is 0.334 e. The number of hydrogen-bond donors (Lipinski definition) is 1. The first-order chi connectivity index (χ1) is 11.2. The zero-order valence-electron chi connectivity index (χ0n) is 14.2. The Kier molecular flexibility index (Phi) is 4.16. The Morgan fingerprint density at radius 3 is 2.58 bits per heavy atom. The van der Waals surface area contributed by atoms with Crippen molar-refractivity contribution in [1.29, 1.82) is 0 Å². The van der Waals surface area contributed by atoms with Gasteiger partial charge in [-0.2, -0.15) is 0 Å². The van der Waals surface area contributed by atoms with Crippen LogP contribution in [0.5, 0.6) is 0 Å². The zero-order valence-corrected chi connectivity index (χ0v) is 14.2. The van der Waals surface area contributed by atoms with Gasteiger partial charge in [-0.15, -0.1) is 0 Å². The molecule has 1 heterocycles. The fourth-order valence-corrected chi connectivity index (χ4v) is 4.15. The van der Waals surface area contributed by atoms with Crippen LogP contribution in [0.2, 0.25) is 0 Å². The molecule has 2 aliphatic carbocycles. The summed E-state index contributed by atoms with van der Waals surface area (Å²) in [5.41, 5.74) is 1.91. The van der Waals surface area contributed by atoms with Gasteiger partial charge < -0.3 is 14.6 Å². The second-order valence-corrected chi connectivity index (χ2v) is 7.33. The molecule has 6 atom stereocenters. The molecule has 3 rings (SSSR count). The van der Waals surface area contributed by atoms with E-state index in [9.17, 15) is 14.7 Å². The third-order valence-electron chi connectivity index (χ3n) is 5.53. The summed E-state index contributed by atoms with van der Waals surface area (Å²) in [5, 5.41) is 10.6. The second kappa shape index (κ2) is 5.88. The summed E-state index contributed by atoms with van der Waals surface area (Å²) in [6, 6.07) is 0. The fourth-order valence-electron chi connectivity index (χ4n) is 4.15. The molecule has 1 aliphatic heterocycles. The van der Waals surface area contributed by atoms with Gasteiger partial charge in [0.2, 0.25) is 0 Å². The molecule has 2 saturated carbocycles. The lowest BCUT2D eigenvalue weighted by Gasteiger charge is -2.28. The van der Waals surface area contributed by atoms with Gasteiger partial charge in [0.1, 0.15) is 18.3 Å². The number of fused-ring (bicyclic) bond motifs is 3. The van der Waals surface area contributed by atoms with Crippen LogP contribution in [0, 0.1) is 23.7 Å². The summed E-state index contributed by atoms with van der Waals surface area (Å²) in [6.07, 6.45) is -0.732. The molecule has 5 heteroatoms. The SMILES string of the molecule is C=C1C(=O)OC2C1CCC(=C)C1C(OC(=O)C(C)C)C(O)C(=C)C21. The Labute approximate surface area is 142 Å². The summed E-state index contributed by atoms with van der Waals surface area (Å²) in [5.74, 6) is -1.74. The molecule has 6 unspecified atom stereocenters. The number of rotatable bonds is 2. The van der Waals surface area contributed by atoms with Gasteiger partial charge in [-0.1, -0.05) is 39.2 Å². The van der Waals surface area contributed by atoms with Crippen LogP contribution in [0.25, 0.3) is 0 Å². The minimum Gasteiger partial charge on any atom is -0.458 e. The largest absolute Gasteiger partial charge is 0.458 e. The van der Waals surface area contributed by atoms with Crippen molar-refractivity contribution in [3.05, 3.63) is 36.5 Å². The molecule has 0 bridgehead atoms. The summed E-state index contributed by atoms with van der Waals surface area (Å²) in [4.78, 5) is 24.0. The first-order valence-corrected chi connectivity index (χ1v) is 8.38. The standard InChI is InChI=1S/C19H24O5/c1-8(2)18(21)24-17-13-9(3)6-7-12-10(4)19(22)23-16(12)14(13)11(5)15(17)20/h8,12-17,20H,3-7H2,1-2H3. The lowest BCUT2D eigenvalue weighted by Crippen LogP contribution is -2.35. The molecular formula is C19H24O5. The van der Waals surface area contributed by atoms with E-state index in [0.717, 1.165) is 12.0 Å². The van der Waals surface area contributed by atoms with Crippen molar-refractivity contribution in [2.24, 2.45) is 23.7 Å². The van der Waals surface area contributed by atoms with E-state index >= 15 is 0 Å². The summed E-state index contributed by atoms with van der Waals surface area (Å²) in [6.45, 7) is 15.5. The van der Waals surface area contributed by atoms with Gasteiger partial charge in [0.25, 0.3) is 0 Å². The molecule has 0 aromatic carbocycles. The monoisotopic (exact) mass is 332 g/mol. The normalized spacial score (nSPS) is 38.7. The molecule has 0 amide bonds. The van der Waals surface area contributed by atoms with Gasteiger partial charge >= 0.3 is 11.9 Å². The number of hydrogen-bond acceptors (Lipinski definition) is 5. The third kappa shape index (κ3) is 2.42. The van der Waals surface area contributed by atoms with Gasteiger partial charge in [-0.3, -0.25) is 4.79 Å². The highest BCUT2D eigenvalue weighted by molar-refractivity contribution is 5.91. The Balaban J connectivity index is 1.96. The lowest BCUT2D eigenvalue weighted by atomic mass is 9.81. The number of aliphatic hydroxyl groups excluding tert-OH is 1. The van der Waals surface area contributed by atoms with Crippen molar-refractivity contribution in [1.82, 2.24) is 0 Å². The molecule has 24 heavy (non-hydrogen) atoms. The molecule has 0 aromatic rings. The van der Waals surface area contributed by atoms with E-state index in [1.54, 1.807) is 13.8 Å². The van der Waals surface area contributed by atoms with Gasteiger partial charge in [0.05, 0.1) is 5.92 Å². The first-order valence-electron chi connectivity index (χ1n) is 8.38. The third-order valence-corrected chi connectivity index (χ3v) is 5.53. The number of ether oxygens (including phenoxy) is 2. The van der Waals surface area contributed by atoms with Crippen molar-refractivity contribution >= 4 is 11.9 Å². The van der Waals surface area contributed by atoms with E-state index in [1.807, 2.05) is 0 Å². The average molecular weight is 332 g/mol. The van der Waals surface area contributed by atoms with Crippen molar-refractivity contribution in [3.8, 4) is 0 Å². The predicted octanol–water partition coefficient (Wildman–Crippen LogP) is 2.17. The molecule has 0 spiro atoms. The Hall–Kier alpha value is -1.88. The molecule has 5 nitrogen and oxygen atoms in total. The topological polar surface area (TPSA) is 72.8 Å². The highest BCUT2D eigenvalue weighted by Gasteiger charge is 2.58. The lowest BCUT2D eigenvalue weighted by molar-refractivity contribution is -0.159. The zero-order chi connectivity index (χ0) is 17.8. The van der Waals surface area contributed by atoms with E-state index in [0.29, 0.717) is 17.6 Å². The molecular weight excluding hydrogens is 308 g/mol. The van der Waals surface area contributed by atoms with Crippen LogP contribution in [0.1, 0.15) is 26.7 Å². The predicted molar refractivity (Wildman–Crippen MR) is 87.7 cm³/mol. The van der Waals surface area contributed by atoms with Crippen molar-refractivity contribution in [2.45, 2.75) is 45.0 Å². The molecule has 1 N–H and O–H groups in total. The van der Waals surface area contributed by atoms with Crippen LogP contribution in [0.3, 0.4) is 0 Å². The number of esters is 2. The molecule has 130 valence electrons. The van der Waals surface area contributed by atoms with Crippen molar-refractivity contribution < 1.29 is 24.2 Å². The van der Waals surface area contributed by atoms with Gasteiger partial charge in [-0.05, 0) is 18.4 Å². The van der Waals surface area contributed by atoms with Crippen LogP contribution < -0.4 is 0 Å². The van der Waals surface area contributed by atoms with Crippen molar-refractivity contribution in [3.63, 3.8) is 0 Å². The Bertz CT molecular complexity index is 632. The van der Waals surface area contributed by atoms with Crippen LogP contribution >= 0.6 is 0 Å². The number of aliphatic hydroxyl groups is 1.